The number of rotatable bonds is 2. The Balaban J connectivity index is 2.30. The lowest BCUT2D eigenvalue weighted by Crippen LogP contribution is -2.16. The molecule has 0 aromatic carbocycles. The Morgan fingerprint density at radius 1 is 1.42 bits per heavy atom. The highest BCUT2D eigenvalue weighted by Gasteiger charge is 2.36. The summed E-state index contributed by atoms with van der Waals surface area (Å²) >= 11 is 0. The van der Waals surface area contributed by atoms with Gasteiger partial charge in [-0.1, -0.05) is 25.6 Å². The van der Waals surface area contributed by atoms with E-state index in [0.29, 0.717) is 0 Å². The predicted octanol–water partition coefficient (Wildman–Crippen LogP) is 1.02. The van der Waals surface area contributed by atoms with Gasteiger partial charge in [0, 0.05) is 13.0 Å². The Morgan fingerprint density at radius 3 is 2.58 bits per heavy atom. The van der Waals surface area contributed by atoms with Crippen LogP contribution in [0.25, 0.3) is 0 Å². The van der Waals surface area contributed by atoms with E-state index in [9.17, 15) is 0 Å². The normalized spacial score (nSPS) is 27.7. The third kappa shape index (κ3) is 3.40. The highest BCUT2D eigenvalue weighted by atomic mass is 28.3. The van der Waals surface area contributed by atoms with Crippen molar-refractivity contribution in [3.8, 4) is 11.5 Å². The predicted molar refractivity (Wildman–Crippen MR) is 51.5 cm³/mol. The SMILES string of the molecule is C[Si](C)(C)C#C[C@H]1O[C@H]1CCO. The largest absolute Gasteiger partial charge is 0.396 e. The lowest BCUT2D eigenvalue weighted by Gasteiger charge is -2.02. The molecule has 1 aliphatic rings. The summed E-state index contributed by atoms with van der Waals surface area (Å²) in [5, 5.41) is 8.60. The summed E-state index contributed by atoms with van der Waals surface area (Å²) in [6.45, 7) is 6.84. The third-order valence-corrected chi connectivity index (χ3v) is 2.48. The van der Waals surface area contributed by atoms with Crippen molar-refractivity contribution in [2.45, 2.75) is 38.3 Å². The van der Waals surface area contributed by atoms with Crippen molar-refractivity contribution >= 4 is 8.07 Å². The fourth-order valence-corrected chi connectivity index (χ4v) is 1.48. The Labute approximate surface area is 74.9 Å². The van der Waals surface area contributed by atoms with E-state index in [2.05, 4.69) is 31.1 Å². The molecule has 0 aliphatic carbocycles. The first-order valence-electron chi connectivity index (χ1n) is 4.32. The Kier molecular flexibility index (Phi) is 2.94. The minimum atomic E-state index is -1.24. The fourth-order valence-electron chi connectivity index (χ4n) is 0.904. The zero-order valence-corrected chi connectivity index (χ0v) is 8.92. The first kappa shape index (κ1) is 9.78. The number of aliphatic hydroxyl groups is 1. The standard InChI is InChI=1S/C9H16O2Si/c1-12(2,3)7-5-9-8(11-9)4-6-10/h8-10H,4,6H2,1-3H3/t8-,9+/m0/s1. The molecule has 0 aromatic heterocycles. The summed E-state index contributed by atoms with van der Waals surface area (Å²) in [7, 11) is -1.24. The molecule has 3 heteroatoms. The summed E-state index contributed by atoms with van der Waals surface area (Å²) < 4.78 is 5.24. The van der Waals surface area contributed by atoms with Gasteiger partial charge in [0.2, 0.25) is 0 Å². The number of hydrogen-bond acceptors (Lipinski definition) is 2. The topological polar surface area (TPSA) is 32.8 Å². The second-order valence-electron chi connectivity index (χ2n) is 4.13. The van der Waals surface area contributed by atoms with Crippen molar-refractivity contribution in [2.75, 3.05) is 6.61 Å². The molecule has 12 heavy (non-hydrogen) atoms. The van der Waals surface area contributed by atoms with Crippen molar-refractivity contribution in [1.29, 1.82) is 0 Å². The van der Waals surface area contributed by atoms with E-state index in [0.717, 1.165) is 6.42 Å². The van der Waals surface area contributed by atoms with Crippen LogP contribution < -0.4 is 0 Å². The minimum absolute atomic E-state index is 0.115. The molecule has 1 N–H and O–H groups in total. The molecular weight excluding hydrogens is 168 g/mol. The van der Waals surface area contributed by atoms with Crippen molar-refractivity contribution in [3.63, 3.8) is 0 Å². The van der Waals surface area contributed by atoms with Gasteiger partial charge in [0.1, 0.15) is 14.2 Å². The maximum atomic E-state index is 8.60. The van der Waals surface area contributed by atoms with E-state index < -0.39 is 8.07 Å². The molecule has 1 saturated heterocycles. The molecule has 0 saturated carbocycles. The van der Waals surface area contributed by atoms with Crippen LogP contribution in [0.4, 0.5) is 0 Å². The summed E-state index contributed by atoms with van der Waals surface area (Å²) in [6.07, 6.45) is 1.05. The molecule has 1 aliphatic heterocycles. The third-order valence-electron chi connectivity index (χ3n) is 1.59. The zero-order valence-electron chi connectivity index (χ0n) is 7.92. The van der Waals surface area contributed by atoms with Crippen LogP contribution in [-0.2, 0) is 4.74 Å². The first-order valence-corrected chi connectivity index (χ1v) is 7.82. The van der Waals surface area contributed by atoms with Crippen LogP contribution in [0.3, 0.4) is 0 Å². The molecule has 0 unspecified atom stereocenters. The molecule has 2 atom stereocenters. The average Bonchev–Trinajstić information content (AvgIpc) is 2.63. The molecule has 68 valence electrons. The van der Waals surface area contributed by atoms with Gasteiger partial charge in [-0.25, -0.2) is 0 Å². The number of epoxide rings is 1. The van der Waals surface area contributed by atoms with E-state index in [1.54, 1.807) is 0 Å². The molecule has 0 amide bonds. The van der Waals surface area contributed by atoms with Crippen LogP contribution in [0, 0.1) is 11.5 Å². The number of aliphatic hydroxyl groups excluding tert-OH is 1. The van der Waals surface area contributed by atoms with E-state index in [4.69, 9.17) is 9.84 Å². The molecule has 1 fully saturated rings. The highest BCUT2D eigenvalue weighted by Crippen LogP contribution is 2.24. The Hall–Kier alpha value is -0.303. The van der Waals surface area contributed by atoms with Crippen LogP contribution in [0.1, 0.15) is 6.42 Å². The molecule has 0 bridgehead atoms. The summed E-state index contributed by atoms with van der Waals surface area (Å²) in [5.74, 6) is 3.11. The van der Waals surface area contributed by atoms with Crippen LogP contribution in [-0.4, -0.2) is 32.0 Å². The molecule has 1 rings (SSSR count). The number of ether oxygens (including phenoxy) is 1. The lowest BCUT2D eigenvalue weighted by atomic mass is 10.2. The molecule has 1 heterocycles. The van der Waals surface area contributed by atoms with E-state index >= 15 is 0 Å². The van der Waals surface area contributed by atoms with Gasteiger partial charge >= 0.3 is 0 Å². The quantitative estimate of drug-likeness (QED) is 0.395. The lowest BCUT2D eigenvalue weighted by molar-refractivity contribution is 0.263. The van der Waals surface area contributed by atoms with Crippen LogP contribution >= 0.6 is 0 Å². The van der Waals surface area contributed by atoms with Crippen molar-refractivity contribution in [1.82, 2.24) is 0 Å². The Morgan fingerprint density at radius 2 is 2.08 bits per heavy atom. The maximum Gasteiger partial charge on any atom is 0.144 e. The molecular formula is C9H16O2Si. The van der Waals surface area contributed by atoms with E-state index in [-0.39, 0.29) is 18.8 Å². The van der Waals surface area contributed by atoms with Gasteiger partial charge in [-0.05, 0) is 0 Å². The number of hydrogen-bond donors (Lipinski definition) is 1. The summed E-state index contributed by atoms with van der Waals surface area (Å²) in [4.78, 5) is 0. The van der Waals surface area contributed by atoms with Gasteiger partial charge < -0.3 is 9.84 Å². The summed E-state index contributed by atoms with van der Waals surface area (Å²) in [5.41, 5.74) is 3.25. The minimum Gasteiger partial charge on any atom is -0.396 e. The van der Waals surface area contributed by atoms with Crippen molar-refractivity contribution in [3.05, 3.63) is 0 Å². The van der Waals surface area contributed by atoms with Gasteiger partial charge in [-0.15, -0.1) is 5.54 Å². The van der Waals surface area contributed by atoms with Gasteiger partial charge in [0.15, 0.2) is 0 Å². The summed E-state index contributed by atoms with van der Waals surface area (Å²) in [6, 6.07) is 0. The van der Waals surface area contributed by atoms with E-state index in [1.165, 1.54) is 0 Å². The van der Waals surface area contributed by atoms with E-state index in [1.807, 2.05) is 0 Å². The molecule has 2 nitrogen and oxygen atoms in total. The molecule has 0 aromatic rings. The van der Waals surface area contributed by atoms with Crippen molar-refractivity contribution < 1.29 is 9.84 Å². The van der Waals surface area contributed by atoms with Gasteiger partial charge in [-0.2, -0.15) is 0 Å². The average molecular weight is 184 g/mol. The van der Waals surface area contributed by atoms with Gasteiger partial charge in [-0.3, -0.25) is 0 Å². The maximum absolute atomic E-state index is 8.60. The van der Waals surface area contributed by atoms with Crippen LogP contribution in [0.5, 0.6) is 0 Å². The highest BCUT2D eigenvalue weighted by molar-refractivity contribution is 6.83. The second kappa shape index (κ2) is 3.61. The van der Waals surface area contributed by atoms with Crippen LogP contribution in [0.15, 0.2) is 0 Å². The van der Waals surface area contributed by atoms with Gasteiger partial charge in [0.25, 0.3) is 0 Å². The monoisotopic (exact) mass is 184 g/mol. The molecule has 0 radical (unpaired) electrons. The van der Waals surface area contributed by atoms with Gasteiger partial charge in [0.05, 0.1) is 6.10 Å². The molecule has 0 spiro atoms. The second-order valence-corrected chi connectivity index (χ2v) is 8.88. The van der Waals surface area contributed by atoms with Crippen molar-refractivity contribution in [2.24, 2.45) is 0 Å². The fraction of sp³-hybridized carbons (Fsp3) is 0.778. The Bertz CT molecular complexity index is 209. The smallest absolute Gasteiger partial charge is 0.144 e. The zero-order chi connectivity index (χ0) is 9.19. The first-order chi connectivity index (χ1) is 5.53. The van der Waals surface area contributed by atoms with Crippen LogP contribution in [0.2, 0.25) is 19.6 Å².